The number of ether oxygens (including phenoxy) is 1. The molecule has 0 aliphatic carbocycles. The number of methoxy groups -OCH3 is 1. The first-order chi connectivity index (χ1) is 19.4. The molecule has 0 saturated carbocycles. The second-order valence-corrected chi connectivity index (χ2v) is 13.1. The van der Waals surface area contributed by atoms with Gasteiger partial charge in [-0.25, -0.2) is 16.8 Å². The van der Waals surface area contributed by atoms with Crippen molar-refractivity contribution < 1.29 is 26.4 Å². The molecule has 0 atom stereocenters. The third kappa shape index (κ3) is 7.05. The fourth-order valence-corrected chi connectivity index (χ4v) is 6.58. The van der Waals surface area contributed by atoms with Crippen molar-refractivity contribution in [2.45, 2.75) is 30.6 Å². The quantitative estimate of drug-likeness (QED) is 0.259. The molecule has 0 aliphatic heterocycles. The van der Waals surface area contributed by atoms with Crippen LogP contribution in [0, 0.1) is 20.8 Å². The van der Waals surface area contributed by atoms with Crippen LogP contribution in [0.2, 0.25) is 0 Å². The van der Waals surface area contributed by atoms with Crippen molar-refractivity contribution in [2.75, 3.05) is 28.0 Å². The van der Waals surface area contributed by atoms with Crippen molar-refractivity contribution in [1.29, 1.82) is 0 Å². The Balaban J connectivity index is 1.58. The lowest BCUT2D eigenvalue weighted by molar-refractivity contribution is -0.114. The van der Waals surface area contributed by atoms with E-state index in [0.29, 0.717) is 11.4 Å². The smallest absolute Gasteiger partial charge is 0.264 e. The van der Waals surface area contributed by atoms with E-state index in [1.54, 1.807) is 48.5 Å². The molecule has 11 heteroatoms. The lowest BCUT2D eigenvalue weighted by Crippen LogP contribution is -2.38. The molecule has 0 aliphatic rings. The molecule has 41 heavy (non-hydrogen) atoms. The number of nitrogens with one attached hydrogen (secondary N) is 2. The summed E-state index contributed by atoms with van der Waals surface area (Å²) < 4.78 is 62.1. The van der Waals surface area contributed by atoms with Crippen LogP contribution < -0.4 is 19.1 Å². The van der Waals surface area contributed by atoms with E-state index in [2.05, 4.69) is 10.0 Å². The number of amides is 1. The van der Waals surface area contributed by atoms with Gasteiger partial charge >= 0.3 is 0 Å². The van der Waals surface area contributed by atoms with Gasteiger partial charge in [0, 0.05) is 11.4 Å². The summed E-state index contributed by atoms with van der Waals surface area (Å²) in [6, 6.07) is 24.0. The minimum absolute atomic E-state index is 0.00470. The molecule has 0 radical (unpaired) electrons. The van der Waals surface area contributed by atoms with Gasteiger partial charge in [0.1, 0.15) is 12.3 Å². The number of carbonyl (C=O) groups is 1. The van der Waals surface area contributed by atoms with Crippen LogP contribution in [0.4, 0.5) is 17.1 Å². The monoisotopic (exact) mass is 593 g/mol. The molecule has 4 aromatic rings. The van der Waals surface area contributed by atoms with E-state index in [4.69, 9.17) is 4.74 Å². The summed E-state index contributed by atoms with van der Waals surface area (Å²) in [5.74, 6) is -0.340. The fourth-order valence-electron chi connectivity index (χ4n) is 4.10. The standard InChI is InChI=1S/C30H31N3O6S2/c1-21-8-13-27(14-9-21)41(37,38)33(28-19-23(3)10-17-29(28)39-4)20-30(34)31-24-11-15-26(16-12-24)40(35,36)32-25-7-5-6-22(2)18-25/h5-19,32H,20H2,1-4H3,(H,31,34). The highest BCUT2D eigenvalue weighted by atomic mass is 32.2. The van der Waals surface area contributed by atoms with Gasteiger partial charge in [-0.15, -0.1) is 0 Å². The summed E-state index contributed by atoms with van der Waals surface area (Å²) in [5.41, 5.74) is 3.52. The highest BCUT2D eigenvalue weighted by molar-refractivity contribution is 7.93. The molecule has 0 saturated heterocycles. The average Bonchev–Trinajstić information content (AvgIpc) is 2.92. The van der Waals surface area contributed by atoms with Gasteiger partial charge in [-0.3, -0.25) is 13.8 Å². The summed E-state index contributed by atoms with van der Waals surface area (Å²) in [6.07, 6.45) is 0. The summed E-state index contributed by atoms with van der Waals surface area (Å²) in [4.78, 5) is 13.2. The minimum Gasteiger partial charge on any atom is -0.495 e. The number of benzene rings is 4. The summed E-state index contributed by atoms with van der Waals surface area (Å²) in [5, 5.41) is 2.66. The molecule has 9 nitrogen and oxygen atoms in total. The maximum atomic E-state index is 13.8. The van der Waals surface area contributed by atoms with Gasteiger partial charge in [-0.2, -0.15) is 0 Å². The molecule has 0 heterocycles. The Morgan fingerprint density at radius 3 is 1.98 bits per heavy atom. The fraction of sp³-hybridized carbons (Fsp3) is 0.167. The zero-order chi connectivity index (χ0) is 29.8. The summed E-state index contributed by atoms with van der Waals surface area (Å²) >= 11 is 0. The van der Waals surface area contributed by atoms with Gasteiger partial charge in [-0.1, -0.05) is 35.9 Å². The average molecular weight is 594 g/mol. The Morgan fingerprint density at radius 2 is 1.34 bits per heavy atom. The summed E-state index contributed by atoms with van der Waals surface area (Å²) in [7, 11) is -6.60. The Bertz CT molecular complexity index is 1770. The number of aryl methyl sites for hydroxylation is 3. The number of carbonyl (C=O) groups excluding carboxylic acids is 1. The second kappa shape index (κ2) is 12.0. The van der Waals surface area contributed by atoms with Crippen molar-refractivity contribution >= 4 is 43.0 Å². The second-order valence-electron chi connectivity index (χ2n) is 9.55. The first-order valence-electron chi connectivity index (χ1n) is 12.6. The Hall–Kier alpha value is -4.35. The predicted octanol–water partition coefficient (Wildman–Crippen LogP) is 5.26. The van der Waals surface area contributed by atoms with Gasteiger partial charge in [0.2, 0.25) is 5.91 Å². The van der Waals surface area contributed by atoms with E-state index >= 15 is 0 Å². The lowest BCUT2D eigenvalue weighted by Gasteiger charge is -2.26. The topological polar surface area (TPSA) is 122 Å². The van der Waals surface area contributed by atoms with Crippen molar-refractivity contribution in [1.82, 2.24) is 0 Å². The van der Waals surface area contributed by atoms with Crippen LogP contribution in [-0.2, 0) is 24.8 Å². The predicted molar refractivity (Wildman–Crippen MR) is 161 cm³/mol. The normalized spacial score (nSPS) is 11.5. The van der Waals surface area contributed by atoms with E-state index in [1.807, 2.05) is 26.8 Å². The highest BCUT2D eigenvalue weighted by Gasteiger charge is 2.29. The van der Waals surface area contributed by atoms with Gasteiger partial charge in [0.15, 0.2) is 0 Å². The first-order valence-corrected chi connectivity index (χ1v) is 15.5. The molecule has 0 aromatic heterocycles. The molecule has 4 rings (SSSR count). The van der Waals surface area contributed by atoms with Crippen LogP contribution in [0.3, 0.4) is 0 Å². The Kier molecular flexibility index (Phi) is 8.69. The highest BCUT2D eigenvalue weighted by Crippen LogP contribution is 2.33. The summed E-state index contributed by atoms with van der Waals surface area (Å²) in [6.45, 7) is 4.96. The van der Waals surface area contributed by atoms with Gasteiger partial charge in [-0.05, 0) is 92.6 Å². The minimum atomic E-state index is -4.16. The first kappa shape index (κ1) is 29.6. The zero-order valence-corrected chi connectivity index (χ0v) is 24.7. The van der Waals surface area contributed by atoms with Gasteiger partial charge in [0.25, 0.3) is 20.0 Å². The van der Waals surface area contributed by atoms with Gasteiger partial charge < -0.3 is 10.1 Å². The van der Waals surface area contributed by atoms with Crippen LogP contribution in [0.15, 0.2) is 101 Å². The number of nitrogens with zero attached hydrogens (tertiary/aromatic N) is 1. The van der Waals surface area contributed by atoms with Crippen molar-refractivity contribution in [2.24, 2.45) is 0 Å². The SMILES string of the molecule is COc1ccc(C)cc1N(CC(=O)Nc1ccc(S(=O)(=O)Nc2cccc(C)c2)cc1)S(=O)(=O)c1ccc(C)cc1. The molecule has 1 amide bonds. The van der Waals surface area contributed by atoms with Crippen LogP contribution in [0.25, 0.3) is 0 Å². The molecule has 0 bridgehead atoms. The molecule has 214 valence electrons. The van der Waals surface area contributed by atoms with Crippen LogP contribution in [-0.4, -0.2) is 36.4 Å². The van der Waals surface area contributed by atoms with Crippen molar-refractivity contribution in [3.63, 3.8) is 0 Å². The number of anilines is 3. The number of hydrogen-bond donors (Lipinski definition) is 2. The van der Waals surface area contributed by atoms with Crippen molar-refractivity contribution in [3.05, 3.63) is 108 Å². The van der Waals surface area contributed by atoms with Crippen LogP contribution in [0.1, 0.15) is 16.7 Å². The van der Waals surface area contributed by atoms with Crippen LogP contribution >= 0.6 is 0 Å². The Labute approximate surface area is 240 Å². The van der Waals surface area contributed by atoms with E-state index in [-0.39, 0.29) is 21.2 Å². The van der Waals surface area contributed by atoms with E-state index in [1.165, 1.54) is 43.5 Å². The largest absolute Gasteiger partial charge is 0.495 e. The number of rotatable bonds is 10. The molecule has 0 spiro atoms. The van der Waals surface area contributed by atoms with Crippen molar-refractivity contribution in [3.8, 4) is 5.75 Å². The number of hydrogen-bond acceptors (Lipinski definition) is 6. The van der Waals surface area contributed by atoms with Crippen LogP contribution in [0.5, 0.6) is 5.75 Å². The molecular formula is C30H31N3O6S2. The van der Waals surface area contributed by atoms with Gasteiger partial charge in [0.05, 0.1) is 22.6 Å². The molecule has 0 unspecified atom stereocenters. The van der Waals surface area contributed by atoms with E-state index < -0.39 is 32.5 Å². The maximum Gasteiger partial charge on any atom is 0.264 e. The third-order valence-corrected chi connectivity index (χ3v) is 9.39. The maximum absolute atomic E-state index is 13.8. The zero-order valence-electron chi connectivity index (χ0n) is 23.1. The number of sulfonamides is 2. The Morgan fingerprint density at radius 1 is 0.732 bits per heavy atom. The molecule has 4 aromatic carbocycles. The lowest BCUT2D eigenvalue weighted by atomic mass is 10.2. The molecular weight excluding hydrogens is 562 g/mol. The molecule has 0 fully saturated rings. The third-order valence-electron chi connectivity index (χ3n) is 6.22. The molecule has 2 N–H and O–H groups in total. The van der Waals surface area contributed by atoms with E-state index in [9.17, 15) is 21.6 Å². The van der Waals surface area contributed by atoms with E-state index in [0.717, 1.165) is 21.0 Å².